The number of nitrogens with zero attached hydrogens (tertiary/aromatic N) is 2. The molecule has 2 heterocycles. The van der Waals surface area contributed by atoms with Crippen LogP contribution >= 0.6 is 0 Å². The van der Waals surface area contributed by atoms with E-state index in [2.05, 4.69) is 41.8 Å². The molecule has 1 atom stereocenters. The maximum absolute atomic E-state index is 12.7. The van der Waals surface area contributed by atoms with Gasteiger partial charge in [0.05, 0.1) is 12.6 Å². The van der Waals surface area contributed by atoms with E-state index in [1.807, 2.05) is 29.2 Å². The monoisotopic (exact) mass is 420 g/mol. The van der Waals surface area contributed by atoms with Gasteiger partial charge in [-0.3, -0.25) is 9.79 Å². The van der Waals surface area contributed by atoms with Gasteiger partial charge in [0.25, 0.3) is 0 Å². The zero-order valence-electron chi connectivity index (χ0n) is 18.3. The number of nitrogens with one attached hydrogen (secondary N) is 2. The third kappa shape index (κ3) is 5.37. The van der Waals surface area contributed by atoms with Crippen LogP contribution in [-0.2, 0) is 17.8 Å². The Hall–Kier alpha value is -3.02. The molecule has 0 spiro atoms. The van der Waals surface area contributed by atoms with Gasteiger partial charge in [0.2, 0.25) is 5.91 Å². The summed E-state index contributed by atoms with van der Waals surface area (Å²) in [5.74, 6) is 1.96. The molecule has 2 aromatic carbocycles. The van der Waals surface area contributed by atoms with E-state index < -0.39 is 0 Å². The third-order valence-corrected chi connectivity index (χ3v) is 5.92. The molecule has 0 aliphatic carbocycles. The molecule has 0 radical (unpaired) electrons. The zero-order valence-corrected chi connectivity index (χ0v) is 18.3. The van der Waals surface area contributed by atoms with Gasteiger partial charge < -0.3 is 20.3 Å². The highest BCUT2D eigenvalue weighted by atomic mass is 16.5. The first-order chi connectivity index (χ1) is 15.2. The Morgan fingerprint density at radius 2 is 1.97 bits per heavy atom. The second kappa shape index (κ2) is 10.3. The van der Waals surface area contributed by atoms with Gasteiger partial charge in [-0.1, -0.05) is 42.5 Å². The van der Waals surface area contributed by atoms with Crippen LogP contribution in [-0.4, -0.2) is 43.0 Å². The van der Waals surface area contributed by atoms with Gasteiger partial charge >= 0.3 is 0 Å². The first-order valence-corrected chi connectivity index (χ1v) is 11.4. The summed E-state index contributed by atoms with van der Waals surface area (Å²) >= 11 is 0. The van der Waals surface area contributed by atoms with E-state index in [1.165, 1.54) is 16.7 Å². The van der Waals surface area contributed by atoms with Crippen molar-refractivity contribution in [2.24, 2.45) is 4.99 Å². The van der Waals surface area contributed by atoms with Crippen molar-refractivity contribution in [3.05, 3.63) is 65.2 Å². The lowest BCUT2D eigenvalue weighted by Gasteiger charge is -2.29. The summed E-state index contributed by atoms with van der Waals surface area (Å²) in [6.07, 6.45) is 3.13. The SMILES string of the molecule is CCNC(=NCCCC(=O)N1CCc2ccccc2C1)NC1CCOc2ccccc21. The van der Waals surface area contributed by atoms with Gasteiger partial charge in [0.15, 0.2) is 5.96 Å². The number of hydrogen-bond donors (Lipinski definition) is 2. The summed E-state index contributed by atoms with van der Waals surface area (Å²) in [6, 6.07) is 16.7. The van der Waals surface area contributed by atoms with Crippen LogP contribution in [0.15, 0.2) is 53.5 Å². The smallest absolute Gasteiger partial charge is 0.222 e. The van der Waals surface area contributed by atoms with E-state index in [0.717, 1.165) is 50.6 Å². The number of benzene rings is 2. The van der Waals surface area contributed by atoms with Crippen LogP contribution in [0.1, 0.15) is 48.9 Å². The number of ether oxygens (including phenoxy) is 1. The van der Waals surface area contributed by atoms with Crippen molar-refractivity contribution in [2.75, 3.05) is 26.2 Å². The van der Waals surface area contributed by atoms with Crippen molar-refractivity contribution >= 4 is 11.9 Å². The fourth-order valence-corrected chi connectivity index (χ4v) is 4.26. The van der Waals surface area contributed by atoms with E-state index in [4.69, 9.17) is 9.73 Å². The predicted octanol–water partition coefficient (Wildman–Crippen LogP) is 3.43. The van der Waals surface area contributed by atoms with Crippen molar-refractivity contribution in [1.29, 1.82) is 0 Å². The Morgan fingerprint density at radius 3 is 2.84 bits per heavy atom. The number of hydrogen-bond acceptors (Lipinski definition) is 3. The molecule has 0 saturated carbocycles. The van der Waals surface area contributed by atoms with Crippen LogP contribution in [0.25, 0.3) is 0 Å². The molecule has 6 heteroatoms. The molecule has 1 amide bonds. The van der Waals surface area contributed by atoms with Crippen LogP contribution in [0.2, 0.25) is 0 Å². The summed E-state index contributed by atoms with van der Waals surface area (Å²) in [6.45, 7) is 5.71. The minimum Gasteiger partial charge on any atom is -0.493 e. The number of para-hydroxylation sites is 1. The van der Waals surface area contributed by atoms with Gasteiger partial charge in [-0.15, -0.1) is 0 Å². The number of rotatable bonds is 6. The summed E-state index contributed by atoms with van der Waals surface area (Å²) in [7, 11) is 0. The van der Waals surface area contributed by atoms with Gasteiger partial charge in [-0.25, -0.2) is 0 Å². The van der Waals surface area contributed by atoms with Gasteiger partial charge in [-0.05, 0) is 37.0 Å². The fourth-order valence-electron chi connectivity index (χ4n) is 4.26. The molecule has 6 nitrogen and oxygen atoms in total. The van der Waals surface area contributed by atoms with Crippen LogP contribution in [0.3, 0.4) is 0 Å². The quantitative estimate of drug-likeness (QED) is 0.427. The highest BCUT2D eigenvalue weighted by Gasteiger charge is 2.22. The van der Waals surface area contributed by atoms with Crippen molar-refractivity contribution < 1.29 is 9.53 Å². The molecule has 2 N–H and O–H groups in total. The molecule has 164 valence electrons. The standard InChI is InChI=1S/C25H32N4O2/c1-2-26-25(28-22-14-17-31-23-11-6-5-10-21(22)23)27-15-7-12-24(30)29-16-13-19-8-3-4-9-20(19)18-29/h3-6,8-11,22H,2,7,12-18H2,1H3,(H2,26,27,28). The summed E-state index contributed by atoms with van der Waals surface area (Å²) in [5, 5.41) is 6.87. The second-order valence-electron chi connectivity index (χ2n) is 8.07. The Balaban J connectivity index is 1.28. The topological polar surface area (TPSA) is 66.0 Å². The third-order valence-electron chi connectivity index (χ3n) is 5.92. The predicted molar refractivity (Wildman–Crippen MR) is 123 cm³/mol. The molecular weight excluding hydrogens is 388 g/mol. The number of aliphatic imine (C=N–C) groups is 1. The molecule has 0 aromatic heterocycles. The minimum atomic E-state index is 0.179. The van der Waals surface area contributed by atoms with E-state index in [-0.39, 0.29) is 11.9 Å². The number of carbonyl (C=O) groups is 1. The van der Waals surface area contributed by atoms with Crippen LogP contribution in [0.5, 0.6) is 5.75 Å². The number of carbonyl (C=O) groups excluding carboxylic acids is 1. The molecule has 31 heavy (non-hydrogen) atoms. The molecule has 2 aliphatic heterocycles. The van der Waals surface area contributed by atoms with Crippen LogP contribution in [0, 0.1) is 0 Å². The maximum atomic E-state index is 12.7. The molecule has 0 saturated heterocycles. The Kier molecular flexibility index (Phi) is 7.07. The highest BCUT2D eigenvalue weighted by Crippen LogP contribution is 2.31. The summed E-state index contributed by atoms with van der Waals surface area (Å²) in [4.78, 5) is 19.4. The molecule has 0 bridgehead atoms. The Labute approximate surface area is 184 Å². The average molecular weight is 421 g/mol. The number of amides is 1. The second-order valence-corrected chi connectivity index (χ2v) is 8.07. The lowest BCUT2D eigenvalue weighted by atomic mass is 9.99. The molecule has 2 aromatic rings. The summed E-state index contributed by atoms with van der Waals surface area (Å²) in [5.41, 5.74) is 3.81. The summed E-state index contributed by atoms with van der Waals surface area (Å²) < 4.78 is 5.76. The average Bonchev–Trinajstić information content (AvgIpc) is 2.81. The van der Waals surface area contributed by atoms with E-state index in [1.54, 1.807) is 0 Å². The lowest BCUT2D eigenvalue weighted by molar-refractivity contribution is -0.132. The number of guanidine groups is 1. The van der Waals surface area contributed by atoms with Gasteiger partial charge in [-0.2, -0.15) is 0 Å². The number of fused-ring (bicyclic) bond motifs is 2. The van der Waals surface area contributed by atoms with Crippen LogP contribution in [0.4, 0.5) is 0 Å². The van der Waals surface area contributed by atoms with E-state index >= 15 is 0 Å². The first kappa shape index (κ1) is 21.2. The normalized spacial score (nSPS) is 17.9. The first-order valence-electron chi connectivity index (χ1n) is 11.4. The Bertz CT molecular complexity index is 927. The van der Waals surface area contributed by atoms with Crippen molar-refractivity contribution in [3.8, 4) is 5.75 Å². The van der Waals surface area contributed by atoms with Crippen LogP contribution < -0.4 is 15.4 Å². The zero-order chi connectivity index (χ0) is 21.5. The van der Waals surface area contributed by atoms with Gasteiger partial charge in [0.1, 0.15) is 5.75 Å². The molecule has 2 aliphatic rings. The fraction of sp³-hybridized carbons (Fsp3) is 0.440. The van der Waals surface area contributed by atoms with E-state index in [0.29, 0.717) is 19.6 Å². The van der Waals surface area contributed by atoms with Gasteiger partial charge in [0, 0.05) is 44.6 Å². The lowest BCUT2D eigenvalue weighted by Crippen LogP contribution is -2.41. The van der Waals surface area contributed by atoms with E-state index in [9.17, 15) is 4.79 Å². The van der Waals surface area contributed by atoms with Crippen molar-refractivity contribution in [3.63, 3.8) is 0 Å². The molecular formula is C25H32N4O2. The largest absolute Gasteiger partial charge is 0.493 e. The minimum absolute atomic E-state index is 0.179. The Morgan fingerprint density at radius 1 is 1.16 bits per heavy atom. The molecule has 0 fully saturated rings. The maximum Gasteiger partial charge on any atom is 0.222 e. The molecule has 4 rings (SSSR count). The van der Waals surface area contributed by atoms with Crippen molar-refractivity contribution in [1.82, 2.24) is 15.5 Å². The highest BCUT2D eigenvalue weighted by molar-refractivity contribution is 5.80. The van der Waals surface area contributed by atoms with Crippen molar-refractivity contribution in [2.45, 2.75) is 45.2 Å². The molecule has 1 unspecified atom stereocenters.